The molecule has 0 spiro atoms. The van der Waals surface area contributed by atoms with Crippen molar-refractivity contribution in [2.24, 2.45) is 30.7 Å². The first-order valence-corrected chi connectivity index (χ1v) is 11.8. The number of rotatable bonds is 10. The number of hydrogen-bond acceptors (Lipinski definition) is 9. The Balaban J connectivity index is 1.89. The van der Waals surface area contributed by atoms with E-state index in [2.05, 4.69) is 40.9 Å². The van der Waals surface area contributed by atoms with Crippen LogP contribution in [0.25, 0.3) is 0 Å². The Kier molecular flexibility index (Phi) is 9.98. The number of nitrogens with zero attached hydrogens (tertiary/aromatic N) is 6. The lowest BCUT2D eigenvalue weighted by molar-refractivity contribution is 0.0975. The van der Waals surface area contributed by atoms with E-state index in [-0.39, 0.29) is 28.2 Å². The van der Waals surface area contributed by atoms with E-state index in [4.69, 9.17) is 14.2 Å². The van der Waals surface area contributed by atoms with Crippen molar-refractivity contribution in [1.82, 2.24) is 0 Å². The number of methoxy groups -OCH3 is 3. The average Bonchev–Trinajstić information content (AvgIpc) is 2.98. The predicted molar refractivity (Wildman–Crippen MR) is 140 cm³/mol. The fourth-order valence-corrected chi connectivity index (χ4v) is 3.33. The van der Waals surface area contributed by atoms with Crippen LogP contribution in [0.1, 0.15) is 31.1 Å². The molecule has 0 saturated carbocycles. The summed E-state index contributed by atoms with van der Waals surface area (Å²) in [4.78, 5) is 38.0. The Morgan fingerprint density at radius 2 is 0.949 bits per heavy atom. The molecule has 0 N–H and O–H groups in total. The number of azo groups is 3. The lowest BCUT2D eigenvalue weighted by atomic mass is 10.2. The number of carbonyl (C=O) groups excluding carboxylic acids is 3. The summed E-state index contributed by atoms with van der Waals surface area (Å²) < 4.78 is 15.5. The molecule has 0 aliphatic rings. The van der Waals surface area contributed by atoms with Crippen molar-refractivity contribution in [1.29, 1.82) is 0 Å². The van der Waals surface area contributed by atoms with Gasteiger partial charge in [0.25, 0.3) is 17.7 Å². The minimum absolute atomic E-state index is 0.146. The SMILES string of the molecule is COc1ccccc1C(=O)N=NCC([Si])(N=NC(=O)c1ccccc1OC)N=NC(=O)c1ccccc1OC. The smallest absolute Gasteiger partial charge is 0.298 e. The van der Waals surface area contributed by atoms with E-state index in [0.29, 0.717) is 5.75 Å². The molecule has 12 nitrogen and oxygen atoms in total. The molecule has 3 aromatic rings. The Hall–Kier alpha value is -4.91. The zero-order chi connectivity index (χ0) is 28.3. The van der Waals surface area contributed by atoms with E-state index in [9.17, 15) is 14.4 Å². The van der Waals surface area contributed by atoms with Gasteiger partial charge in [-0.2, -0.15) is 15.3 Å². The number of ether oxygens (including phenoxy) is 3. The highest BCUT2D eigenvalue weighted by Crippen LogP contribution is 2.22. The van der Waals surface area contributed by atoms with Gasteiger partial charge in [-0.05, 0) is 36.4 Å². The zero-order valence-electron chi connectivity index (χ0n) is 21.3. The molecule has 3 rings (SSSR count). The quantitative estimate of drug-likeness (QED) is 0.266. The van der Waals surface area contributed by atoms with E-state index in [1.807, 2.05) is 0 Å². The molecule has 3 aromatic carbocycles. The fourth-order valence-electron chi connectivity index (χ4n) is 3.16. The largest absolute Gasteiger partial charge is 0.496 e. The zero-order valence-corrected chi connectivity index (χ0v) is 22.3. The van der Waals surface area contributed by atoms with E-state index in [1.54, 1.807) is 54.6 Å². The molecule has 0 heterocycles. The summed E-state index contributed by atoms with van der Waals surface area (Å²) in [7, 11) is 7.53. The van der Waals surface area contributed by atoms with Crippen LogP contribution in [0.5, 0.6) is 17.2 Å². The summed E-state index contributed by atoms with van der Waals surface area (Å²) in [6.07, 6.45) is 0. The van der Waals surface area contributed by atoms with E-state index in [1.165, 1.54) is 39.5 Å². The molecular formula is C26H23N6O6Si. The van der Waals surface area contributed by atoms with Crippen molar-refractivity contribution in [2.45, 2.75) is 5.29 Å². The highest BCUT2D eigenvalue weighted by molar-refractivity contribution is 6.15. The number of carbonyl (C=O) groups is 3. The second-order valence-electron chi connectivity index (χ2n) is 7.63. The lowest BCUT2D eigenvalue weighted by Crippen LogP contribution is -2.28. The van der Waals surface area contributed by atoms with Gasteiger partial charge >= 0.3 is 0 Å². The van der Waals surface area contributed by atoms with Crippen LogP contribution in [0.15, 0.2) is 103 Å². The summed E-state index contributed by atoms with van der Waals surface area (Å²) in [5.41, 5.74) is 0.477. The van der Waals surface area contributed by atoms with Gasteiger partial charge in [0.15, 0.2) is 5.29 Å². The van der Waals surface area contributed by atoms with Gasteiger partial charge in [0.1, 0.15) is 34.0 Å². The summed E-state index contributed by atoms with van der Waals surface area (Å²) in [6, 6.07) is 19.3. The molecule has 0 fully saturated rings. The number of benzene rings is 3. The van der Waals surface area contributed by atoms with E-state index in [0.717, 1.165) is 0 Å². The Morgan fingerprint density at radius 1 is 0.615 bits per heavy atom. The third-order valence-electron chi connectivity index (χ3n) is 5.08. The molecule has 3 amide bonds. The van der Waals surface area contributed by atoms with Crippen LogP contribution in [0.3, 0.4) is 0 Å². The van der Waals surface area contributed by atoms with Gasteiger partial charge < -0.3 is 14.2 Å². The maximum absolute atomic E-state index is 12.7. The van der Waals surface area contributed by atoms with Gasteiger partial charge in [-0.1, -0.05) is 36.4 Å². The number of hydrogen-bond donors (Lipinski definition) is 0. The second-order valence-corrected chi connectivity index (χ2v) is 8.43. The van der Waals surface area contributed by atoms with Crippen LogP contribution >= 0.6 is 0 Å². The first-order chi connectivity index (χ1) is 18.8. The van der Waals surface area contributed by atoms with Crippen LogP contribution in [-0.4, -0.2) is 61.1 Å². The minimum atomic E-state index is -1.86. The normalized spacial score (nSPS) is 12.9. The summed E-state index contributed by atoms with van der Waals surface area (Å²) >= 11 is 0. The third kappa shape index (κ3) is 7.55. The van der Waals surface area contributed by atoms with Gasteiger partial charge in [-0.15, -0.1) is 15.3 Å². The fraction of sp³-hybridized carbons (Fsp3) is 0.192. The molecule has 13 heteroatoms. The van der Waals surface area contributed by atoms with Crippen molar-refractivity contribution in [3.63, 3.8) is 0 Å². The Morgan fingerprint density at radius 3 is 1.31 bits per heavy atom. The van der Waals surface area contributed by atoms with Gasteiger partial charge in [-0.3, -0.25) is 14.4 Å². The highest BCUT2D eigenvalue weighted by Gasteiger charge is 2.26. The van der Waals surface area contributed by atoms with Crippen molar-refractivity contribution in [2.75, 3.05) is 27.9 Å². The Labute approximate surface area is 227 Å². The number of amides is 3. The molecule has 0 aliphatic carbocycles. The molecule has 0 bridgehead atoms. The maximum atomic E-state index is 12.7. The first-order valence-electron chi connectivity index (χ1n) is 11.3. The van der Waals surface area contributed by atoms with E-state index >= 15 is 0 Å². The van der Waals surface area contributed by atoms with Crippen LogP contribution < -0.4 is 14.2 Å². The van der Waals surface area contributed by atoms with Crippen molar-refractivity contribution < 1.29 is 28.6 Å². The predicted octanol–water partition coefficient (Wildman–Crippen LogP) is 4.71. The van der Waals surface area contributed by atoms with Gasteiger partial charge in [0, 0.05) is 0 Å². The molecule has 39 heavy (non-hydrogen) atoms. The highest BCUT2D eigenvalue weighted by atomic mass is 28.1. The van der Waals surface area contributed by atoms with Crippen molar-refractivity contribution >= 4 is 28.0 Å². The summed E-state index contributed by atoms with van der Waals surface area (Å²) in [5.74, 6) is -1.29. The van der Waals surface area contributed by atoms with Crippen molar-refractivity contribution in [3.05, 3.63) is 89.5 Å². The average molecular weight is 544 g/mol. The van der Waals surface area contributed by atoms with Crippen molar-refractivity contribution in [3.8, 4) is 17.2 Å². The maximum Gasteiger partial charge on any atom is 0.298 e. The Bertz CT molecular complexity index is 1370. The molecule has 3 radical (unpaired) electrons. The molecule has 0 aliphatic heterocycles. The minimum Gasteiger partial charge on any atom is -0.496 e. The third-order valence-corrected chi connectivity index (χ3v) is 5.44. The topological polar surface area (TPSA) is 153 Å². The molecular weight excluding hydrogens is 520 g/mol. The molecule has 197 valence electrons. The summed E-state index contributed by atoms with van der Waals surface area (Å²) in [6.45, 7) is -0.448. The second kappa shape index (κ2) is 13.6. The molecule has 0 unspecified atom stereocenters. The van der Waals surface area contributed by atoms with E-state index < -0.39 is 29.6 Å². The number of para-hydroxylation sites is 3. The standard InChI is InChI=1S/C26H23N6O6Si/c1-36-20-13-7-4-10-17(20)23(33)28-27-16-26(39,31-29-24(34)18-11-5-8-14-21(18)37-2)32-30-25(35)19-12-6-9-15-22(19)38-3/h4-15H,16H2,1-3H3. The molecule has 0 aromatic heterocycles. The van der Waals surface area contributed by atoms with Crippen LogP contribution in [0.2, 0.25) is 0 Å². The lowest BCUT2D eigenvalue weighted by Gasteiger charge is -2.14. The molecule has 0 saturated heterocycles. The van der Waals surface area contributed by atoms with Gasteiger partial charge in [0.05, 0.1) is 38.0 Å². The van der Waals surface area contributed by atoms with Crippen LogP contribution in [-0.2, 0) is 0 Å². The van der Waals surface area contributed by atoms with Crippen LogP contribution in [0, 0.1) is 0 Å². The summed E-state index contributed by atoms with van der Waals surface area (Å²) in [5, 5.41) is 20.9. The van der Waals surface area contributed by atoms with Crippen LogP contribution in [0.4, 0.5) is 0 Å². The monoisotopic (exact) mass is 543 g/mol. The molecule has 0 atom stereocenters. The van der Waals surface area contributed by atoms with Gasteiger partial charge in [0.2, 0.25) is 0 Å². The first kappa shape index (κ1) is 28.7. The van der Waals surface area contributed by atoms with Gasteiger partial charge in [-0.25, -0.2) is 0 Å².